The molecule has 0 aromatic carbocycles. The van der Waals surface area contributed by atoms with Crippen LogP contribution in [0.1, 0.15) is 16.3 Å². The van der Waals surface area contributed by atoms with Crippen LogP contribution < -0.4 is 5.32 Å². The fourth-order valence-corrected chi connectivity index (χ4v) is 2.12. The maximum Gasteiger partial charge on any atom is 0.126 e. The van der Waals surface area contributed by atoms with Crippen LogP contribution in [0.25, 0.3) is 0 Å². The highest BCUT2D eigenvalue weighted by Crippen LogP contribution is 2.09. The monoisotopic (exact) mass is 233 g/mol. The highest BCUT2D eigenvalue weighted by Gasteiger charge is 1.98. The molecule has 0 unspecified atom stereocenters. The van der Waals surface area contributed by atoms with E-state index in [1.54, 1.807) is 11.3 Å². The third-order valence-electron chi connectivity index (χ3n) is 2.27. The van der Waals surface area contributed by atoms with Crippen LogP contribution in [0.4, 0.5) is 5.82 Å². The first-order valence-corrected chi connectivity index (χ1v) is 6.19. The van der Waals surface area contributed by atoms with Crippen LogP contribution in [-0.2, 0) is 6.42 Å². The minimum atomic E-state index is 0.875. The molecule has 16 heavy (non-hydrogen) atoms. The van der Waals surface area contributed by atoms with Crippen LogP contribution >= 0.6 is 11.3 Å². The van der Waals surface area contributed by atoms with Gasteiger partial charge in [-0.3, -0.25) is 0 Å². The number of aromatic nitrogens is 2. The topological polar surface area (TPSA) is 37.8 Å². The van der Waals surface area contributed by atoms with Gasteiger partial charge in [0.05, 0.1) is 10.7 Å². The molecule has 0 atom stereocenters. The molecule has 0 aliphatic heterocycles. The molecule has 0 saturated carbocycles. The van der Waals surface area contributed by atoms with E-state index in [0.717, 1.165) is 29.5 Å². The van der Waals surface area contributed by atoms with Crippen molar-refractivity contribution in [1.82, 2.24) is 9.97 Å². The van der Waals surface area contributed by atoms with Crippen LogP contribution in [0.15, 0.2) is 23.7 Å². The Kier molecular flexibility index (Phi) is 3.51. The van der Waals surface area contributed by atoms with Crippen LogP contribution in [0, 0.1) is 13.8 Å². The molecule has 2 heterocycles. The molecule has 2 aromatic rings. The second-order valence-electron chi connectivity index (χ2n) is 3.75. The van der Waals surface area contributed by atoms with Crippen LogP contribution in [0.2, 0.25) is 0 Å². The Bertz CT molecular complexity index is 465. The van der Waals surface area contributed by atoms with Gasteiger partial charge >= 0.3 is 0 Å². The molecule has 0 radical (unpaired) electrons. The van der Waals surface area contributed by atoms with Crippen molar-refractivity contribution in [2.45, 2.75) is 20.3 Å². The molecule has 84 valence electrons. The summed E-state index contributed by atoms with van der Waals surface area (Å²) in [4.78, 5) is 8.66. The molecular weight excluding hydrogens is 218 g/mol. The second-order valence-corrected chi connectivity index (χ2v) is 4.82. The van der Waals surface area contributed by atoms with Crippen molar-refractivity contribution in [3.8, 4) is 0 Å². The van der Waals surface area contributed by atoms with E-state index >= 15 is 0 Å². The van der Waals surface area contributed by atoms with Gasteiger partial charge < -0.3 is 5.32 Å². The van der Waals surface area contributed by atoms with E-state index in [1.807, 2.05) is 25.3 Å². The number of thiazole rings is 1. The van der Waals surface area contributed by atoms with Gasteiger partial charge in [0.1, 0.15) is 5.82 Å². The van der Waals surface area contributed by atoms with E-state index in [2.05, 4.69) is 27.6 Å². The number of nitrogens with one attached hydrogen (secondary N) is 1. The van der Waals surface area contributed by atoms with Gasteiger partial charge in [0.25, 0.3) is 0 Å². The fraction of sp³-hybridized carbons (Fsp3) is 0.333. The third kappa shape index (κ3) is 3.03. The van der Waals surface area contributed by atoms with Gasteiger partial charge in [0.2, 0.25) is 0 Å². The summed E-state index contributed by atoms with van der Waals surface area (Å²) in [6, 6.07) is 4.04. The molecule has 2 aromatic heterocycles. The molecule has 2 rings (SSSR count). The zero-order chi connectivity index (χ0) is 11.4. The summed E-state index contributed by atoms with van der Waals surface area (Å²) in [6.07, 6.45) is 2.77. The lowest BCUT2D eigenvalue weighted by atomic mass is 10.3. The van der Waals surface area contributed by atoms with E-state index in [4.69, 9.17) is 0 Å². The standard InChI is InChI=1S/C12H15N3S/c1-9-3-5-13-12(7-9)14-6-4-11-8-16-10(2)15-11/h3,5,7-8H,4,6H2,1-2H3,(H,13,14). The highest BCUT2D eigenvalue weighted by atomic mass is 32.1. The lowest BCUT2D eigenvalue weighted by Gasteiger charge is -2.04. The van der Waals surface area contributed by atoms with E-state index in [9.17, 15) is 0 Å². The molecule has 0 aliphatic carbocycles. The molecule has 3 nitrogen and oxygen atoms in total. The predicted molar refractivity (Wildman–Crippen MR) is 68.0 cm³/mol. The van der Waals surface area contributed by atoms with Crippen molar-refractivity contribution in [3.05, 3.63) is 40.0 Å². The minimum absolute atomic E-state index is 0.875. The van der Waals surface area contributed by atoms with Crippen molar-refractivity contribution in [3.63, 3.8) is 0 Å². The molecule has 0 spiro atoms. The molecule has 0 saturated heterocycles. The van der Waals surface area contributed by atoms with Crippen molar-refractivity contribution < 1.29 is 0 Å². The van der Waals surface area contributed by atoms with Crippen LogP contribution in [0.5, 0.6) is 0 Å². The van der Waals surface area contributed by atoms with Gasteiger partial charge in [0.15, 0.2) is 0 Å². The molecule has 0 fully saturated rings. The first-order valence-electron chi connectivity index (χ1n) is 5.31. The fourth-order valence-electron chi connectivity index (χ4n) is 1.47. The Labute approximate surface area is 99.6 Å². The zero-order valence-corrected chi connectivity index (χ0v) is 10.3. The molecule has 4 heteroatoms. The van der Waals surface area contributed by atoms with Gasteiger partial charge in [-0.2, -0.15) is 0 Å². The summed E-state index contributed by atoms with van der Waals surface area (Å²) in [5, 5.41) is 6.54. The lowest BCUT2D eigenvalue weighted by molar-refractivity contribution is 0.960. The average Bonchev–Trinajstić information content (AvgIpc) is 2.64. The Morgan fingerprint density at radius 1 is 1.38 bits per heavy atom. The Balaban J connectivity index is 1.84. The molecule has 0 amide bonds. The summed E-state index contributed by atoms with van der Waals surface area (Å²) >= 11 is 1.70. The van der Waals surface area contributed by atoms with Gasteiger partial charge in [0, 0.05) is 24.5 Å². The van der Waals surface area contributed by atoms with E-state index < -0.39 is 0 Å². The summed E-state index contributed by atoms with van der Waals surface area (Å²) in [5.41, 5.74) is 2.38. The first kappa shape index (κ1) is 11.1. The molecule has 0 bridgehead atoms. The van der Waals surface area contributed by atoms with Crippen LogP contribution in [-0.4, -0.2) is 16.5 Å². The smallest absolute Gasteiger partial charge is 0.126 e. The maximum atomic E-state index is 4.42. The maximum absolute atomic E-state index is 4.42. The SMILES string of the molecule is Cc1ccnc(NCCc2csc(C)n2)c1. The van der Waals surface area contributed by atoms with E-state index in [1.165, 1.54) is 5.56 Å². The number of aryl methyl sites for hydroxylation is 2. The van der Waals surface area contributed by atoms with Gasteiger partial charge in [-0.1, -0.05) is 0 Å². The Morgan fingerprint density at radius 2 is 2.25 bits per heavy atom. The molecule has 1 N–H and O–H groups in total. The number of nitrogens with zero attached hydrogens (tertiary/aromatic N) is 2. The van der Waals surface area contributed by atoms with Gasteiger partial charge in [-0.25, -0.2) is 9.97 Å². The van der Waals surface area contributed by atoms with Gasteiger partial charge in [-0.15, -0.1) is 11.3 Å². The van der Waals surface area contributed by atoms with Crippen molar-refractivity contribution in [2.75, 3.05) is 11.9 Å². The first-order chi connectivity index (χ1) is 7.74. The summed E-state index contributed by atoms with van der Waals surface area (Å²) in [6.45, 7) is 4.97. The predicted octanol–water partition coefficient (Wildman–Crippen LogP) is 2.81. The van der Waals surface area contributed by atoms with E-state index in [-0.39, 0.29) is 0 Å². The number of anilines is 1. The third-order valence-corrected chi connectivity index (χ3v) is 3.09. The number of hydrogen-bond acceptors (Lipinski definition) is 4. The van der Waals surface area contributed by atoms with Crippen molar-refractivity contribution in [1.29, 1.82) is 0 Å². The lowest BCUT2D eigenvalue weighted by Crippen LogP contribution is -2.06. The van der Waals surface area contributed by atoms with Crippen molar-refractivity contribution >= 4 is 17.2 Å². The quantitative estimate of drug-likeness (QED) is 0.882. The Hall–Kier alpha value is -1.42. The molecular formula is C12H15N3S. The second kappa shape index (κ2) is 5.07. The summed E-state index contributed by atoms with van der Waals surface area (Å²) in [5.74, 6) is 0.937. The normalized spacial score (nSPS) is 10.4. The minimum Gasteiger partial charge on any atom is -0.370 e. The summed E-state index contributed by atoms with van der Waals surface area (Å²) in [7, 11) is 0. The van der Waals surface area contributed by atoms with Crippen LogP contribution in [0.3, 0.4) is 0 Å². The van der Waals surface area contributed by atoms with E-state index in [0.29, 0.717) is 0 Å². The molecule has 0 aliphatic rings. The number of pyridine rings is 1. The average molecular weight is 233 g/mol. The largest absolute Gasteiger partial charge is 0.370 e. The zero-order valence-electron chi connectivity index (χ0n) is 9.53. The van der Waals surface area contributed by atoms with Gasteiger partial charge in [-0.05, 0) is 31.5 Å². The number of rotatable bonds is 4. The van der Waals surface area contributed by atoms with Crippen molar-refractivity contribution in [2.24, 2.45) is 0 Å². The summed E-state index contributed by atoms with van der Waals surface area (Å²) < 4.78 is 0. The highest BCUT2D eigenvalue weighted by molar-refractivity contribution is 7.09. The Morgan fingerprint density at radius 3 is 2.94 bits per heavy atom. The number of hydrogen-bond donors (Lipinski definition) is 1.